The van der Waals surface area contributed by atoms with Gasteiger partial charge in [-0.3, -0.25) is 4.72 Å². The second-order valence-corrected chi connectivity index (χ2v) is 11.8. The number of aromatic carboxylic acids is 1. The molecule has 1 aliphatic heterocycles. The number of thiazole rings is 1. The number of rotatable bonds is 7. The van der Waals surface area contributed by atoms with Gasteiger partial charge in [0.1, 0.15) is 5.75 Å². The molecule has 1 aliphatic carbocycles. The number of methoxy groups -OCH3 is 1. The molecule has 0 atom stereocenters. The van der Waals surface area contributed by atoms with E-state index < -0.39 is 16.2 Å². The van der Waals surface area contributed by atoms with Crippen LogP contribution in [0.4, 0.5) is 5.69 Å². The van der Waals surface area contributed by atoms with E-state index in [0.29, 0.717) is 11.8 Å². The smallest absolute Gasteiger partial charge is 0.335 e. The summed E-state index contributed by atoms with van der Waals surface area (Å²) in [6.07, 6.45) is 4.49. The van der Waals surface area contributed by atoms with Crippen LogP contribution in [-0.2, 0) is 23.3 Å². The van der Waals surface area contributed by atoms with Gasteiger partial charge in [0.2, 0.25) is 0 Å². The zero-order chi connectivity index (χ0) is 24.6. The molecule has 3 aromatic rings. The minimum Gasteiger partial charge on any atom is -0.495 e. The standard InChI is InChI=1S/C25H27N3O5S2/c1-33-22-13-19(25(29)30)11-12-20(22)27-35(31,32)28-14-21-23(15-28)34-24(26-21)18-9-7-17(8-10-18)16-5-3-2-4-6-16/h2-6,11-13,17-18,27H,7-10,14-15H2,1H3,(H,29,30). The summed E-state index contributed by atoms with van der Waals surface area (Å²) < 4.78 is 35.1. The lowest BCUT2D eigenvalue weighted by atomic mass is 9.79. The SMILES string of the molecule is COc1cc(C(=O)O)ccc1NS(=O)(=O)N1Cc2nc(C3CCC(c4ccccc4)CC3)sc2C1. The molecule has 2 heterocycles. The number of anilines is 1. The zero-order valence-corrected chi connectivity index (χ0v) is 20.9. The lowest BCUT2D eigenvalue weighted by Gasteiger charge is -2.27. The van der Waals surface area contributed by atoms with Crippen molar-refractivity contribution in [3.8, 4) is 5.75 Å². The lowest BCUT2D eigenvalue weighted by Crippen LogP contribution is -2.32. The van der Waals surface area contributed by atoms with E-state index in [2.05, 4.69) is 35.1 Å². The first-order valence-corrected chi connectivity index (χ1v) is 13.8. The molecular formula is C25H27N3O5S2. The van der Waals surface area contributed by atoms with Crippen molar-refractivity contribution in [3.05, 3.63) is 75.2 Å². The number of nitrogens with zero attached hydrogens (tertiary/aromatic N) is 2. The van der Waals surface area contributed by atoms with Crippen molar-refractivity contribution in [1.29, 1.82) is 0 Å². The Hall–Kier alpha value is -2.95. The minimum atomic E-state index is -3.87. The van der Waals surface area contributed by atoms with Crippen molar-refractivity contribution < 1.29 is 23.1 Å². The number of benzene rings is 2. The number of ether oxygens (including phenoxy) is 1. The van der Waals surface area contributed by atoms with Gasteiger partial charge in [-0.05, 0) is 55.4 Å². The van der Waals surface area contributed by atoms with Crippen LogP contribution >= 0.6 is 11.3 Å². The summed E-state index contributed by atoms with van der Waals surface area (Å²) in [5, 5.41) is 10.3. The van der Waals surface area contributed by atoms with Gasteiger partial charge in [0, 0.05) is 10.8 Å². The highest BCUT2D eigenvalue weighted by Gasteiger charge is 2.34. The number of fused-ring (bicyclic) bond motifs is 1. The van der Waals surface area contributed by atoms with E-state index in [4.69, 9.17) is 14.8 Å². The highest BCUT2D eigenvalue weighted by molar-refractivity contribution is 7.90. The predicted molar refractivity (Wildman–Crippen MR) is 134 cm³/mol. The highest BCUT2D eigenvalue weighted by atomic mass is 32.2. The van der Waals surface area contributed by atoms with Gasteiger partial charge in [-0.25, -0.2) is 9.78 Å². The normalized spacial score (nSPS) is 20.4. The maximum Gasteiger partial charge on any atom is 0.335 e. The number of hydrogen-bond acceptors (Lipinski definition) is 6. The summed E-state index contributed by atoms with van der Waals surface area (Å²) in [5.41, 5.74) is 2.45. The maximum absolute atomic E-state index is 13.0. The van der Waals surface area contributed by atoms with Crippen molar-refractivity contribution >= 4 is 33.2 Å². The third kappa shape index (κ3) is 4.91. The molecule has 184 valence electrons. The predicted octanol–water partition coefficient (Wildman–Crippen LogP) is 4.96. The minimum absolute atomic E-state index is 0.0164. The van der Waals surface area contributed by atoms with Crippen molar-refractivity contribution in [2.24, 2.45) is 0 Å². The molecule has 0 unspecified atom stereocenters. The molecule has 1 saturated carbocycles. The van der Waals surface area contributed by atoms with E-state index >= 15 is 0 Å². The van der Waals surface area contributed by atoms with Gasteiger partial charge in [-0.1, -0.05) is 30.3 Å². The fraction of sp³-hybridized carbons (Fsp3) is 0.360. The quantitative estimate of drug-likeness (QED) is 0.462. The monoisotopic (exact) mass is 513 g/mol. The van der Waals surface area contributed by atoms with Gasteiger partial charge >= 0.3 is 16.2 Å². The van der Waals surface area contributed by atoms with E-state index in [0.717, 1.165) is 41.3 Å². The fourth-order valence-electron chi connectivity index (χ4n) is 4.89. The lowest BCUT2D eigenvalue weighted by molar-refractivity contribution is 0.0696. The fourth-order valence-corrected chi connectivity index (χ4v) is 7.40. The van der Waals surface area contributed by atoms with Crippen LogP contribution in [0, 0.1) is 0 Å². The van der Waals surface area contributed by atoms with Crippen molar-refractivity contribution in [2.75, 3.05) is 11.8 Å². The van der Waals surface area contributed by atoms with Gasteiger partial charge in [0.05, 0.1) is 42.2 Å². The van der Waals surface area contributed by atoms with E-state index in [9.17, 15) is 13.2 Å². The number of carboxylic acid groups (broad SMARTS) is 1. The van der Waals surface area contributed by atoms with Gasteiger partial charge in [0.15, 0.2) is 0 Å². The number of nitrogens with one attached hydrogen (secondary N) is 1. The topological polar surface area (TPSA) is 109 Å². The van der Waals surface area contributed by atoms with Crippen molar-refractivity contribution in [1.82, 2.24) is 9.29 Å². The molecular weight excluding hydrogens is 486 g/mol. The Bertz CT molecular complexity index is 1310. The summed E-state index contributed by atoms with van der Waals surface area (Å²) in [5.74, 6) is 0.0735. The second-order valence-electron chi connectivity index (χ2n) is 8.98. The van der Waals surface area contributed by atoms with Crippen molar-refractivity contribution in [3.63, 3.8) is 0 Å². The van der Waals surface area contributed by atoms with Crippen LogP contribution < -0.4 is 9.46 Å². The first-order valence-electron chi connectivity index (χ1n) is 11.6. The zero-order valence-electron chi connectivity index (χ0n) is 19.3. The Balaban J connectivity index is 1.23. The summed E-state index contributed by atoms with van der Waals surface area (Å²) >= 11 is 1.63. The first kappa shape index (κ1) is 23.8. The van der Waals surface area contributed by atoms with Crippen LogP contribution in [0.15, 0.2) is 48.5 Å². The number of carbonyl (C=O) groups is 1. The average molecular weight is 514 g/mol. The number of aromatic nitrogens is 1. The number of hydrogen-bond donors (Lipinski definition) is 2. The third-order valence-corrected chi connectivity index (χ3v) is 9.48. The first-order chi connectivity index (χ1) is 16.8. The Morgan fingerprint density at radius 2 is 1.80 bits per heavy atom. The van der Waals surface area contributed by atoms with Crippen LogP contribution in [0.5, 0.6) is 5.75 Å². The molecule has 0 bridgehead atoms. The molecule has 2 N–H and O–H groups in total. The van der Waals surface area contributed by atoms with Gasteiger partial charge < -0.3 is 9.84 Å². The molecule has 1 aromatic heterocycles. The maximum atomic E-state index is 13.0. The molecule has 0 amide bonds. The molecule has 2 aliphatic rings. The Kier molecular flexibility index (Phi) is 6.52. The Labute approximate surface area is 208 Å². The van der Waals surface area contributed by atoms with Gasteiger partial charge in [-0.15, -0.1) is 11.3 Å². The summed E-state index contributed by atoms with van der Waals surface area (Å²) in [7, 11) is -2.50. The largest absolute Gasteiger partial charge is 0.495 e. The third-order valence-electron chi connectivity index (χ3n) is 6.82. The second kappa shape index (κ2) is 9.60. The molecule has 2 aromatic carbocycles. The molecule has 35 heavy (non-hydrogen) atoms. The molecule has 0 saturated heterocycles. The Morgan fingerprint density at radius 3 is 2.46 bits per heavy atom. The van der Waals surface area contributed by atoms with E-state index in [1.54, 1.807) is 11.3 Å². The van der Waals surface area contributed by atoms with Crippen LogP contribution in [0.2, 0.25) is 0 Å². The van der Waals surface area contributed by atoms with Crippen LogP contribution in [0.3, 0.4) is 0 Å². The van der Waals surface area contributed by atoms with E-state index in [1.807, 2.05) is 0 Å². The van der Waals surface area contributed by atoms with Crippen LogP contribution in [0.25, 0.3) is 0 Å². The highest BCUT2D eigenvalue weighted by Crippen LogP contribution is 2.43. The van der Waals surface area contributed by atoms with Crippen LogP contribution in [-0.4, -0.2) is 35.9 Å². The van der Waals surface area contributed by atoms with Gasteiger partial charge in [-0.2, -0.15) is 12.7 Å². The molecule has 0 spiro atoms. The molecule has 10 heteroatoms. The molecule has 0 radical (unpaired) electrons. The summed E-state index contributed by atoms with van der Waals surface area (Å²) in [4.78, 5) is 17.0. The number of carboxylic acids is 1. The van der Waals surface area contributed by atoms with Crippen LogP contribution in [0.1, 0.15) is 69.0 Å². The average Bonchev–Trinajstić information content (AvgIpc) is 3.45. The molecule has 5 rings (SSSR count). The molecule has 1 fully saturated rings. The molecule has 8 nitrogen and oxygen atoms in total. The van der Waals surface area contributed by atoms with Gasteiger partial charge in [0.25, 0.3) is 0 Å². The van der Waals surface area contributed by atoms with Crippen molar-refractivity contribution in [2.45, 2.75) is 50.6 Å². The summed E-state index contributed by atoms with van der Waals surface area (Å²) in [6.45, 7) is 0.493. The summed E-state index contributed by atoms with van der Waals surface area (Å²) in [6, 6.07) is 14.7. The van der Waals surface area contributed by atoms with E-state index in [1.165, 1.54) is 35.2 Å². The van der Waals surface area contributed by atoms with E-state index in [-0.39, 0.29) is 30.1 Å². The Morgan fingerprint density at radius 1 is 1.09 bits per heavy atom.